The molecule has 1 amide bonds. The lowest BCUT2D eigenvalue weighted by molar-refractivity contribution is -0.126. The predicted molar refractivity (Wildman–Crippen MR) is 156 cm³/mol. The second kappa shape index (κ2) is 11.7. The Morgan fingerprint density at radius 3 is 2.57 bits per heavy atom. The second-order valence-electron chi connectivity index (χ2n) is 10.3. The monoisotopic (exact) mass is 628 g/mol. The Hall–Kier alpha value is -4.79. The molecule has 0 spiro atoms. The summed E-state index contributed by atoms with van der Waals surface area (Å²) in [4.78, 5) is 42.0. The fraction of sp³-hybridized carbons (Fsp3) is 0.276. The third-order valence-corrected chi connectivity index (χ3v) is 8.26. The van der Waals surface area contributed by atoms with Crippen molar-refractivity contribution in [2.45, 2.75) is 24.9 Å². The number of halogens is 3. The molecule has 1 fully saturated rings. The molecule has 0 radical (unpaired) electrons. The van der Waals surface area contributed by atoms with Crippen molar-refractivity contribution in [3.63, 3.8) is 0 Å². The van der Waals surface area contributed by atoms with Gasteiger partial charge in [-0.2, -0.15) is 4.98 Å². The number of sulfone groups is 1. The van der Waals surface area contributed by atoms with Crippen molar-refractivity contribution in [2.24, 2.45) is 0 Å². The maximum absolute atomic E-state index is 15.8. The largest absolute Gasteiger partial charge is 0.507 e. The number of pyridine rings is 2. The van der Waals surface area contributed by atoms with Crippen LogP contribution in [0.5, 0.6) is 5.75 Å². The number of allylic oxidation sites excluding steroid dienone is 1. The van der Waals surface area contributed by atoms with Crippen LogP contribution in [0.25, 0.3) is 28.0 Å². The number of fused-ring (bicyclic) bond motifs is 1. The minimum absolute atomic E-state index is 0.00157. The van der Waals surface area contributed by atoms with Crippen molar-refractivity contribution in [1.29, 1.82) is 0 Å². The van der Waals surface area contributed by atoms with E-state index in [1.165, 1.54) is 23.2 Å². The van der Waals surface area contributed by atoms with E-state index in [1.807, 2.05) is 0 Å². The summed E-state index contributed by atoms with van der Waals surface area (Å²) < 4.78 is 69.6. The summed E-state index contributed by atoms with van der Waals surface area (Å²) in [5.41, 5.74) is -2.29. The van der Waals surface area contributed by atoms with Gasteiger partial charge in [0.25, 0.3) is 0 Å². The molecule has 0 unspecified atom stereocenters. The number of phenolic OH excluding ortho intramolecular Hbond substituents is 1. The molecular weight excluding hydrogens is 601 g/mol. The number of aromatic hydroxyl groups is 1. The number of carbonyl (C=O) groups excluding carboxylic acids is 1. The molecule has 0 saturated carbocycles. The molecule has 3 aromatic heterocycles. The Balaban J connectivity index is 1.80. The first-order chi connectivity index (χ1) is 20.8. The van der Waals surface area contributed by atoms with Gasteiger partial charge in [0, 0.05) is 44.2 Å². The lowest BCUT2D eigenvalue weighted by atomic mass is 10.1. The average molecular weight is 629 g/mol. The SMILES string of the molecule is Cc1ccnc(S(C)(=O)=O)c1-n1c(=O)nc(N2CCN(C(=O)/C=C/CF)C[C@@H]2C)c2cc(F)c(-c3c(O)cccc3F)nc21. The molecule has 1 atom stereocenters. The Kier molecular flexibility index (Phi) is 8.16. The number of amides is 1. The highest BCUT2D eigenvalue weighted by Gasteiger charge is 2.31. The van der Waals surface area contributed by atoms with Gasteiger partial charge in [-0.25, -0.2) is 40.9 Å². The summed E-state index contributed by atoms with van der Waals surface area (Å²) in [6.07, 6.45) is 4.39. The van der Waals surface area contributed by atoms with Crippen LogP contribution in [0.2, 0.25) is 0 Å². The first-order valence-electron chi connectivity index (χ1n) is 13.4. The van der Waals surface area contributed by atoms with Gasteiger partial charge in [0.05, 0.1) is 16.6 Å². The third kappa shape index (κ3) is 5.50. The van der Waals surface area contributed by atoms with Gasteiger partial charge in [0.2, 0.25) is 5.91 Å². The number of hydrogen-bond acceptors (Lipinski definition) is 9. The number of alkyl halides is 1. The number of rotatable bonds is 6. The molecule has 4 heterocycles. The van der Waals surface area contributed by atoms with Gasteiger partial charge in [-0.1, -0.05) is 6.07 Å². The normalized spacial score (nSPS) is 15.8. The number of phenols is 1. The highest BCUT2D eigenvalue weighted by molar-refractivity contribution is 7.90. The van der Waals surface area contributed by atoms with Crippen LogP contribution >= 0.6 is 0 Å². The zero-order valence-electron chi connectivity index (χ0n) is 23.8. The van der Waals surface area contributed by atoms with Crippen LogP contribution in [-0.2, 0) is 14.6 Å². The van der Waals surface area contributed by atoms with E-state index in [1.54, 1.807) is 18.7 Å². The van der Waals surface area contributed by atoms with Crippen LogP contribution in [0, 0.1) is 18.6 Å². The van der Waals surface area contributed by atoms with E-state index < -0.39 is 67.8 Å². The van der Waals surface area contributed by atoms with Crippen molar-refractivity contribution in [1.82, 2.24) is 24.4 Å². The molecule has 44 heavy (non-hydrogen) atoms. The highest BCUT2D eigenvalue weighted by Crippen LogP contribution is 2.36. The van der Waals surface area contributed by atoms with Crippen molar-refractivity contribution < 1.29 is 31.5 Å². The number of carbonyl (C=O) groups is 1. The maximum atomic E-state index is 15.8. The smallest absolute Gasteiger partial charge is 0.355 e. The van der Waals surface area contributed by atoms with E-state index in [0.29, 0.717) is 5.56 Å². The molecular formula is C29H27F3N6O5S. The predicted octanol–water partition coefficient (Wildman–Crippen LogP) is 3.10. The summed E-state index contributed by atoms with van der Waals surface area (Å²) in [6, 6.07) is 5.38. The van der Waals surface area contributed by atoms with Gasteiger partial charge < -0.3 is 14.9 Å². The molecule has 4 aromatic rings. The number of anilines is 1. The minimum Gasteiger partial charge on any atom is -0.507 e. The van der Waals surface area contributed by atoms with E-state index in [-0.39, 0.29) is 42.2 Å². The van der Waals surface area contributed by atoms with Crippen LogP contribution < -0.4 is 10.6 Å². The Morgan fingerprint density at radius 2 is 1.91 bits per heavy atom. The molecule has 1 saturated heterocycles. The van der Waals surface area contributed by atoms with Crippen LogP contribution in [0.1, 0.15) is 12.5 Å². The number of aromatic nitrogens is 4. The van der Waals surface area contributed by atoms with Crippen LogP contribution in [-0.4, -0.2) is 82.5 Å². The topological polar surface area (TPSA) is 139 Å². The zero-order chi connectivity index (χ0) is 31.9. The van der Waals surface area contributed by atoms with Crippen molar-refractivity contribution in [2.75, 3.05) is 37.5 Å². The highest BCUT2D eigenvalue weighted by atomic mass is 32.2. The molecule has 1 aliphatic heterocycles. The standard InChI is InChI=1S/C29H27F3N6O5S/c1-16-9-11-33-28(44(3,42)43)25(16)38-27-18(14-20(32)24(34-27)23-19(31)6-4-7-21(23)39)26(35-29(38)41)37-13-12-36(15-17(37)2)22(40)8-5-10-30/h4-9,11,14,17,39H,10,12-13,15H2,1-3H3/b8-5+/t17-/m0/s1. The van der Waals surface area contributed by atoms with E-state index in [2.05, 4.69) is 15.0 Å². The van der Waals surface area contributed by atoms with Gasteiger partial charge >= 0.3 is 5.69 Å². The van der Waals surface area contributed by atoms with E-state index in [9.17, 15) is 31.9 Å². The zero-order valence-corrected chi connectivity index (χ0v) is 24.6. The van der Waals surface area contributed by atoms with Gasteiger partial charge in [-0.05, 0) is 49.8 Å². The Bertz CT molecular complexity index is 1980. The summed E-state index contributed by atoms with van der Waals surface area (Å²) >= 11 is 0. The molecule has 1 aromatic carbocycles. The lowest BCUT2D eigenvalue weighted by Crippen LogP contribution is -2.54. The molecule has 230 valence electrons. The van der Waals surface area contributed by atoms with Gasteiger partial charge in [0.15, 0.2) is 26.3 Å². The molecule has 1 aliphatic rings. The van der Waals surface area contributed by atoms with E-state index >= 15 is 4.39 Å². The van der Waals surface area contributed by atoms with E-state index in [4.69, 9.17) is 0 Å². The Morgan fingerprint density at radius 1 is 1.16 bits per heavy atom. The molecule has 11 nitrogen and oxygen atoms in total. The fourth-order valence-corrected chi connectivity index (χ4v) is 6.10. The van der Waals surface area contributed by atoms with Crippen LogP contribution in [0.15, 0.2) is 58.5 Å². The fourth-order valence-electron chi connectivity index (χ4n) is 5.24. The van der Waals surface area contributed by atoms with Crippen molar-refractivity contribution in [3.8, 4) is 22.7 Å². The number of piperazine rings is 1. The second-order valence-corrected chi connectivity index (χ2v) is 12.2. The summed E-state index contributed by atoms with van der Waals surface area (Å²) in [6.45, 7) is 2.98. The molecule has 15 heteroatoms. The third-order valence-electron chi connectivity index (χ3n) is 7.26. The molecule has 5 rings (SSSR count). The van der Waals surface area contributed by atoms with Crippen molar-refractivity contribution in [3.05, 3.63) is 76.4 Å². The maximum Gasteiger partial charge on any atom is 0.355 e. The first-order valence-corrected chi connectivity index (χ1v) is 15.3. The number of aryl methyl sites for hydroxylation is 1. The van der Waals surface area contributed by atoms with Crippen LogP contribution in [0.4, 0.5) is 19.0 Å². The first kappa shape index (κ1) is 30.7. The number of nitrogens with zero attached hydrogens (tertiary/aromatic N) is 6. The van der Waals surface area contributed by atoms with Crippen LogP contribution in [0.3, 0.4) is 0 Å². The number of benzene rings is 1. The lowest BCUT2D eigenvalue weighted by Gasteiger charge is -2.40. The summed E-state index contributed by atoms with van der Waals surface area (Å²) in [5, 5.41) is 9.93. The van der Waals surface area contributed by atoms with Gasteiger partial charge in [-0.15, -0.1) is 0 Å². The summed E-state index contributed by atoms with van der Waals surface area (Å²) in [7, 11) is -4.01. The average Bonchev–Trinajstić information content (AvgIpc) is 2.96. The van der Waals surface area contributed by atoms with E-state index in [0.717, 1.165) is 41.2 Å². The number of hydrogen-bond donors (Lipinski definition) is 1. The summed E-state index contributed by atoms with van der Waals surface area (Å²) in [5.74, 6) is -3.03. The molecule has 0 aliphatic carbocycles. The van der Waals surface area contributed by atoms with Gasteiger partial charge in [0.1, 0.15) is 29.8 Å². The Labute approximate surface area is 249 Å². The quantitative estimate of drug-likeness (QED) is 0.319. The molecule has 0 bridgehead atoms. The van der Waals surface area contributed by atoms with Gasteiger partial charge in [-0.3, -0.25) is 4.79 Å². The molecule has 1 N–H and O–H groups in total. The minimum atomic E-state index is -4.01. The van der Waals surface area contributed by atoms with Crippen molar-refractivity contribution >= 4 is 32.6 Å².